The second kappa shape index (κ2) is 5.21. The normalized spacial score (nSPS) is 15.2. The molecule has 0 radical (unpaired) electrons. The average Bonchev–Trinajstić information content (AvgIpc) is 2.49. The van der Waals surface area contributed by atoms with Gasteiger partial charge < -0.3 is 4.74 Å². The van der Waals surface area contributed by atoms with Crippen LogP contribution in [0.1, 0.15) is 11.1 Å². The molecule has 1 aliphatic rings. The SMILES string of the molecule is COc1ccc2c(c1)CC2=NOS(=O)(=O)c1ccccc1. The molecule has 21 heavy (non-hydrogen) atoms. The van der Waals surface area contributed by atoms with Gasteiger partial charge in [-0.1, -0.05) is 23.4 Å². The lowest BCUT2D eigenvalue weighted by molar-refractivity contribution is 0.337. The Morgan fingerprint density at radius 3 is 2.52 bits per heavy atom. The minimum atomic E-state index is -3.86. The third-order valence-electron chi connectivity index (χ3n) is 3.26. The Balaban J connectivity index is 1.79. The van der Waals surface area contributed by atoms with Gasteiger partial charge in [0.05, 0.1) is 12.8 Å². The van der Waals surface area contributed by atoms with Crippen LogP contribution < -0.4 is 4.74 Å². The molecule has 3 rings (SSSR count). The van der Waals surface area contributed by atoms with E-state index in [0.717, 1.165) is 16.9 Å². The summed E-state index contributed by atoms with van der Waals surface area (Å²) in [4.78, 5) is 0.0867. The average molecular weight is 303 g/mol. The monoisotopic (exact) mass is 303 g/mol. The van der Waals surface area contributed by atoms with Gasteiger partial charge in [-0.25, -0.2) is 0 Å². The molecule has 0 saturated carbocycles. The maximum atomic E-state index is 11.9. The summed E-state index contributed by atoms with van der Waals surface area (Å²) in [6, 6.07) is 13.5. The molecule has 0 saturated heterocycles. The molecule has 0 N–H and O–H groups in total. The molecule has 0 aliphatic heterocycles. The van der Waals surface area contributed by atoms with E-state index >= 15 is 0 Å². The van der Waals surface area contributed by atoms with Crippen LogP contribution in [0.3, 0.4) is 0 Å². The van der Waals surface area contributed by atoms with Crippen molar-refractivity contribution in [3.8, 4) is 5.75 Å². The second-order valence-corrected chi connectivity index (χ2v) is 6.11. The summed E-state index contributed by atoms with van der Waals surface area (Å²) >= 11 is 0. The maximum Gasteiger partial charge on any atom is 0.358 e. The van der Waals surface area contributed by atoms with E-state index in [9.17, 15) is 8.42 Å². The molecule has 2 aromatic carbocycles. The van der Waals surface area contributed by atoms with Gasteiger partial charge in [-0.05, 0) is 35.9 Å². The number of benzene rings is 2. The third-order valence-corrected chi connectivity index (χ3v) is 4.38. The first-order valence-electron chi connectivity index (χ1n) is 6.33. The molecule has 2 aromatic rings. The van der Waals surface area contributed by atoms with Crippen molar-refractivity contribution in [2.75, 3.05) is 7.11 Å². The van der Waals surface area contributed by atoms with Crippen molar-refractivity contribution in [2.24, 2.45) is 5.16 Å². The molecule has 108 valence electrons. The molecule has 0 spiro atoms. The van der Waals surface area contributed by atoms with Gasteiger partial charge in [0.25, 0.3) is 0 Å². The van der Waals surface area contributed by atoms with Crippen molar-refractivity contribution in [1.29, 1.82) is 0 Å². The van der Waals surface area contributed by atoms with Gasteiger partial charge in [-0.3, -0.25) is 4.28 Å². The van der Waals surface area contributed by atoms with E-state index in [-0.39, 0.29) is 4.90 Å². The Kier molecular flexibility index (Phi) is 3.39. The molecule has 0 unspecified atom stereocenters. The predicted molar refractivity (Wildman–Crippen MR) is 77.9 cm³/mol. The van der Waals surface area contributed by atoms with E-state index in [0.29, 0.717) is 12.1 Å². The molecule has 1 aliphatic carbocycles. The molecule has 0 atom stereocenters. The van der Waals surface area contributed by atoms with Gasteiger partial charge in [0, 0.05) is 12.0 Å². The van der Waals surface area contributed by atoms with Crippen molar-refractivity contribution in [3.05, 3.63) is 59.7 Å². The molecule has 0 heterocycles. The van der Waals surface area contributed by atoms with E-state index in [4.69, 9.17) is 9.02 Å². The zero-order valence-electron chi connectivity index (χ0n) is 11.3. The molecular formula is C15H13NO4S. The Bertz CT molecular complexity index is 798. The van der Waals surface area contributed by atoms with Crippen LogP contribution in [0.15, 0.2) is 58.6 Å². The number of methoxy groups -OCH3 is 1. The largest absolute Gasteiger partial charge is 0.497 e. The highest BCUT2D eigenvalue weighted by molar-refractivity contribution is 7.86. The first kappa shape index (κ1) is 13.6. The lowest BCUT2D eigenvalue weighted by Crippen LogP contribution is -2.21. The number of fused-ring (bicyclic) bond motifs is 1. The standard InChI is InChI=1S/C15H13NO4S/c1-19-12-7-8-14-11(9-12)10-15(14)16-20-21(17,18)13-5-3-2-4-6-13/h2-9H,10H2,1H3. The summed E-state index contributed by atoms with van der Waals surface area (Å²) in [7, 11) is -2.26. The summed E-state index contributed by atoms with van der Waals surface area (Å²) in [6.45, 7) is 0. The van der Waals surface area contributed by atoms with Crippen LogP contribution in [-0.2, 0) is 20.8 Å². The molecule has 0 amide bonds. The van der Waals surface area contributed by atoms with Crippen LogP contribution in [0, 0.1) is 0 Å². The fourth-order valence-corrected chi connectivity index (χ4v) is 2.86. The van der Waals surface area contributed by atoms with Crippen molar-refractivity contribution >= 4 is 15.8 Å². The van der Waals surface area contributed by atoms with Crippen LogP contribution in [-0.4, -0.2) is 21.2 Å². The molecular weight excluding hydrogens is 290 g/mol. The zero-order chi connectivity index (χ0) is 14.9. The first-order chi connectivity index (χ1) is 10.1. The van der Waals surface area contributed by atoms with Crippen molar-refractivity contribution in [2.45, 2.75) is 11.3 Å². The van der Waals surface area contributed by atoms with Crippen LogP contribution in [0.25, 0.3) is 0 Å². The Labute approximate surface area is 122 Å². The molecule has 0 aromatic heterocycles. The van der Waals surface area contributed by atoms with E-state index in [1.807, 2.05) is 12.1 Å². The van der Waals surface area contributed by atoms with Gasteiger partial charge in [0.2, 0.25) is 0 Å². The summed E-state index contributed by atoms with van der Waals surface area (Å²) in [5.74, 6) is 0.769. The van der Waals surface area contributed by atoms with Gasteiger partial charge in [0.1, 0.15) is 10.6 Å². The number of hydrogen-bond acceptors (Lipinski definition) is 5. The van der Waals surface area contributed by atoms with Crippen LogP contribution in [0.2, 0.25) is 0 Å². The van der Waals surface area contributed by atoms with Gasteiger partial charge in [0.15, 0.2) is 0 Å². The van der Waals surface area contributed by atoms with Crippen molar-refractivity contribution < 1.29 is 17.4 Å². The van der Waals surface area contributed by atoms with Gasteiger partial charge in [-0.15, -0.1) is 0 Å². The summed E-state index contributed by atoms with van der Waals surface area (Å²) in [6.07, 6.45) is 0.566. The highest BCUT2D eigenvalue weighted by atomic mass is 32.2. The highest BCUT2D eigenvalue weighted by Gasteiger charge is 2.24. The van der Waals surface area contributed by atoms with Crippen molar-refractivity contribution in [3.63, 3.8) is 0 Å². The van der Waals surface area contributed by atoms with E-state index in [2.05, 4.69) is 5.16 Å². The van der Waals surface area contributed by atoms with Crippen LogP contribution in [0.4, 0.5) is 0 Å². The zero-order valence-corrected chi connectivity index (χ0v) is 12.1. The lowest BCUT2D eigenvalue weighted by atomic mass is 9.86. The third kappa shape index (κ3) is 2.62. The summed E-state index contributed by atoms with van der Waals surface area (Å²) in [5.41, 5.74) is 2.57. The Morgan fingerprint density at radius 1 is 1.10 bits per heavy atom. The Hall–Kier alpha value is -2.34. The molecule has 6 heteroatoms. The Morgan fingerprint density at radius 2 is 1.86 bits per heavy atom. The number of hydrogen-bond donors (Lipinski definition) is 0. The number of ether oxygens (including phenoxy) is 1. The second-order valence-electron chi connectivity index (χ2n) is 4.58. The fourth-order valence-electron chi connectivity index (χ4n) is 2.10. The summed E-state index contributed by atoms with van der Waals surface area (Å²) in [5, 5.41) is 3.76. The molecule has 0 bridgehead atoms. The number of oxime groups is 1. The number of nitrogens with zero attached hydrogens (tertiary/aromatic N) is 1. The van der Waals surface area contributed by atoms with Crippen LogP contribution in [0.5, 0.6) is 5.75 Å². The molecule has 5 nitrogen and oxygen atoms in total. The minimum Gasteiger partial charge on any atom is -0.497 e. The van der Waals surface area contributed by atoms with Gasteiger partial charge >= 0.3 is 10.1 Å². The minimum absolute atomic E-state index is 0.0867. The molecule has 0 fully saturated rings. The smallest absolute Gasteiger partial charge is 0.358 e. The maximum absolute atomic E-state index is 11.9. The van der Waals surface area contributed by atoms with Crippen molar-refractivity contribution in [1.82, 2.24) is 0 Å². The summed E-state index contributed by atoms with van der Waals surface area (Å²) < 4.78 is 33.8. The van der Waals surface area contributed by atoms with Gasteiger partial charge in [-0.2, -0.15) is 8.42 Å². The fraction of sp³-hybridized carbons (Fsp3) is 0.133. The highest BCUT2D eigenvalue weighted by Crippen LogP contribution is 2.28. The van der Waals surface area contributed by atoms with Crippen LogP contribution >= 0.6 is 0 Å². The lowest BCUT2D eigenvalue weighted by Gasteiger charge is -2.21. The van der Waals surface area contributed by atoms with E-state index < -0.39 is 10.1 Å². The van der Waals surface area contributed by atoms with E-state index in [1.54, 1.807) is 31.4 Å². The topological polar surface area (TPSA) is 65.0 Å². The predicted octanol–water partition coefficient (Wildman–Crippen LogP) is 2.36. The first-order valence-corrected chi connectivity index (χ1v) is 7.74. The number of rotatable bonds is 4. The quantitative estimate of drug-likeness (QED) is 0.813. The van der Waals surface area contributed by atoms with E-state index in [1.165, 1.54) is 12.1 Å².